The van der Waals surface area contributed by atoms with Crippen LogP contribution in [-0.4, -0.2) is 38.2 Å². The number of hydrogen-bond donors (Lipinski definition) is 2. The number of aromatic amines is 1. The molecule has 5 aromatic rings. The third kappa shape index (κ3) is 4.32. The van der Waals surface area contributed by atoms with Crippen LogP contribution in [0.5, 0.6) is 5.75 Å². The van der Waals surface area contributed by atoms with E-state index in [-0.39, 0.29) is 5.52 Å². The van der Waals surface area contributed by atoms with Crippen molar-refractivity contribution in [2.24, 2.45) is 0 Å². The molecule has 3 heterocycles. The predicted octanol–water partition coefficient (Wildman–Crippen LogP) is 5.50. The van der Waals surface area contributed by atoms with E-state index < -0.39 is 11.6 Å². The highest BCUT2D eigenvalue weighted by atomic mass is 19.2. The number of imidazole rings is 1. The number of aromatic nitrogens is 5. The molecule has 0 radical (unpaired) electrons. The molecule has 35 heavy (non-hydrogen) atoms. The first-order chi connectivity index (χ1) is 16.9. The van der Waals surface area contributed by atoms with Crippen LogP contribution in [0, 0.1) is 25.5 Å². The summed E-state index contributed by atoms with van der Waals surface area (Å²) in [6.07, 6.45) is 3.38. The molecule has 0 aliphatic rings. The van der Waals surface area contributed by atoms with Crippen LogP contribution in [0.25, 0.3) is 33.4 Å². The molecule has 0 unspecified atom stereocenters. The highest BCUT2D eigenvalue weighted by Gasteiger charge is 2.18. The summed E-state index contributed by atoms with van der Waals surface area (Å²) in [5.74, 6) is -0.00383. The summed E-state index contributed by atoms with van der Waals surface area (Å²) >= 11 is 0. The van der Waals surface area contributed by atoms with Gasteiger partial charge >= 0.3 is 0 Å². The van der Waals surface area contributed by atoms with Crippen molar-refractivity contribution in [1.29, 1.82) is 0 Å². The Labute approximate surface area is 200 Å². The lowest BCUT2D eigenvalue weighted by atomic mass is 10.1. The molecule has 3 aromatic heterocycles. The molecule has 0 fully saturated rings. The predicted molar refractivity (Wildman–Crippen MR) is 131 cm³/mol. The fourth-order valence-electron chi connectivity index (χ4n) is 4.21. The van der Waals surface area contributed by atoms with Crippen molar-refractivity contribution in [2.45, 2.75) is 20.4 Å². The van der Waals surface area contributed by atoms with Gasteiger partial charge in [-0.25, -0.2) is 23.7 Å². The number of fused-ring (bicyclic) bond motifs is 1. The number of nitrogens with one attached hydrogen (secondary N) is 2. The molecule has 0 saturated heterocycles. The average molecular weight is 475 g/mol. The van der Waals surface area contributed by atoms with Crippen LogP contribution in [0.1, 0.15) is 11.5 Å². The maximum atomic E-state index is 14.6. The molecule has 5 rings (SSSR count). The van der Waals surface area contributed by atoms with Crippen LogP contribution >= 0.6 is 0 Å². The van der Waals surface area contributed by atoms with Gasteiger partial charge in [0, 0.05) is 53.6 Å². The summed E-state index contributed by atoms with van der Waals surface area (Å²) in [6.45, 7) is 4.64. The Morgan fingerprint density at radius 3 is 2.43 bits per heavy atom. The largest absolute Gasteiger partial charge is 0.496 e. The summed E-state index contributed by atoms with van der Waals surface area (Å²) in [7, 11) is 1.44. The molecule has 0 aliphatic carbocycles. The van der Waals surface area contributed by atoms with E-state index in [1.807, 2.05) is 50.4 Å². The van der Waals surface area contributed by atoms with E-state index >= 15 is 0 Å². The highest BCUT2D eigenvalue weighted by Crippen LogP contribution is 2.32. The minimum atomic E-state index is -0.935. The van der Waals surface area contributed by atoms with Gasteiger partial charge in [-0.3, -0.25) is 0 Å². The summed E-state index contributed by atoms with van der Waals surface area (Å²) in [5, 5.41) is 3.80. The first kappa shape index (κ1) is 22.5. The van der Waals surface area contributed by atoms with E-state index in [1.165, 1.54) is 13.4 Å². The minimum absolute atomic E-state index is 0.191. The number of benzene rings is 2. The van der Waals surface area contributed by atoms with Gasteiger partial charge < -0.3 is 19.6 Å². The fourth-order valence-corrected chi connectivity index (χ4v) is 4.21. The van der Waals surface area contributed by atoms with Gasteiger partial charge in [-0.15, -0.1) is 0 Å². The van der Waals surface area contributed by atoms with Crippen molar-refractivity contribution in [3.63, 3.8) is 0 Å². The zero-order valence-corrected chi connectivity index (χ0v) is 19.6. The van der Waals surface area contributed by atoms with Crippen LogP contribution in [0.15, 0.2) is 55.0 Å². The highest BCUT2D eigenvalue weighted by molar-refractivity contribution is 5.88. The Morgan fingerprint density at radius 2 is 1.74 bits per heavy atom. The Bertz CT molecular complexity index is 1510. The van der Waals surface area contributed by atoms with Crippen molar-refractivity contribution in [3.05, 3.63) is 78.1 Å². The molecule has 2 N–H and O–H groups in total. The second-order valence-electron chi connectivity index (χ2n) is 8.24. The lowest BCUT2D eigenvalue weighted by molar-refractivity contribution is 0.412. The number of rotatable bonds is 7. The van der Waals surface area contributed by atoms with Crippen molar-refractivity contribution in [2.75, 3.05) is 19.0 Å². The van der Waals surface area contributed by atoms with Crippen LogP contribution < -0.4 is 10.1 Å². The maximum Gasteiger partial charge on any atom is 0.183 e. The van der Waals surface area contributed by atoms with Crippen LogP contribution in [0.3, 0.4) is 0 Å². The smallest absolute Gasteiger partial charge is 0.183 e. The third-order valence-electron chi connectivity index (χ3n) is 5.96. The second kappa shape index (κ2) is 9.17. The lowest BCUT2D eigenvalue weighted by Gasteiger charge is -2.12. The molecule has 0 atom stereocenters. The summed E-state index contributed by atoms with van der Waals surface area (Å²) in [6, 6.07) is 12.7. The van der Waals surface area contributed by atoms with Gasteiger partial charge in [0.25, 0.3) is 0 Å². The number of halogens is 2. The van der Waals surface area contributed by atoms with Crippen molar-refractivity contribution in [3.8, 4) is 28.3 Å². The van der Waals surface area contributed by atoms with Gasteiger partial charge in [-0.05, 0) is 19.9 Å². The molecular weight excluding hydrogens is 450 g/mol. The number of methoxy groups -OCH3 is 1. The molecule has 7 nitrogen and oxygen atoms in total. The van der Waals surface area contributed by atoms with E-state index in [2.05, 4.69) is 25.3 Å². The topological polar surface area (TPSA) is 80.6 Å². The van der Waals surface area contributed by atoms with Gasteiger partial charge in [0.05, 0.1) is 24.0 Å². The standard InChI is InChI=1S/C26H24F2N6O/c1-15-10-19-23(35-3)11-20(27)25(28)26(19)34(15)9-8-29-24-12-21(31-14-32-24)17-4-6-18(7-5-17)22-13-30-16(2)33-22/h4-7,10-14H,8-9H2,1-3H3,(H,30,33)(H,29,31,32). The number of anilines is 1. The number of ether oxygens (including phenoxy) is 1. The van der Waals surface area contributed by atoms with Crippen LogP contribution in [-0.2, 0) is 6.54 Å². The van der Waals surface area contributed by atoms with Crippen LogP contribution in [0.4, 0.5) is 14.6 Å². The minimum Gasteiger partial charge on any atom is -0.496 e. The fraction of sp³-hybridized carbons (Fsp3) is 0.192. The van der Waals surface area contributed by atoms with Crippen LogP contribution in [0.2, 0.25) is 0 Å². The number of nitrogens with zero attached hydrogens (tertiary/aromatic N) is 4. The van der Waals surface area contributed by atoms with E-state index in [9.17, 15) is 8.78 Å². The Morgan fingerprint density at radius 1 is 1.00 bits per heavy atom. The Hall–Kier alpha value is -4.27. The van der Waals surface area contributed by atoms with Crippen molar-refractivity contribution in [1.82, 2.24) is 24.5 Å². The molecule has 0 amide bonds. The maximum absolute atomic E-state index is 14.6. The van der Waals surface area contributed by atoms with E-state index in [0.717, 1.165) is 40.1 Å². The van der Waals surface area contributed by atoms with Crippen molar-refractivity contribution >= 4 is 16.7 Å². The molecule has 0 aliphatic heterocycles. The van der Waals surface area contributed by atoms with Crippen molar-refractivity contribution < 1.29 is 13.5 Å². The molecule has 178 valence electrons. The number of H-pyrrole nitrogens is 1. The molecule has 2 aromatic carbocycles. The molecule has 9 heteroatoms. The summed E-state index contributed by atoms with van der Waals surface area (Å²) in [5.41, 5.74) is 4.62. The second-order valence-corrected chi connectivity index (χ2v) is 8.24. The molecular formula is C26H24F2N6O. The molecule has 0 spiro atoms. The Balaban J connectivity index is 1.32. The zero-order chi connectivity index (χ0) is 24.5. The molecule has 0 saturated carbocycles. The average Bonchev–Trinajstić information content (AvgIpc) is 3.45. The Kier molecular flexibility index (Phi) is 5.90. The first-order valence-electron chi connectivity index (χ1n) is 11.1. The van der Waals surface area contributed by atoms with E-state index in [0.29, 0.717) is 30.0 Å². The van der Waals surface area contributed by atoms with E-state index in [1.54, 1.807) is 10.6 Å². The number of hydrogen-bond acceptors (Lipinski definition) is 5. The van der Waals surface area contributed by atoms with Gasteiger partial charge in [0.2, 0.25) is 0 Å². The van der Waals surface area contributed by atoms with Gasteiger partial charge in [0.15, 0.2) is 11.6 Å². The monoisotopic (exact) mass is 474 g/mol. The first-order valence-corrected chi connectivity index (χ1v) is 11.1. The van der Waals surface area contributed by atoms with Gasteiger partial charge in [-0.2, -0.15) is 0 Å². The number of aryl methyl sites for hydroxylation is 2. The summed E-state index contributed by atoms with van der Waals surface area (Å²) in [4.78, 5) is 16.2. The SMILES string of the molecule is COc1cc(F)c(F)c2c1cc(C)n2CCNc1cc(-c2ccc(-c3c[nH]c(C)n3)cc2)ncn1. The normalized spacial score (nSPS) is 11.2. The summed E-state index contributed by atoms with van der Waals surface area (Å²) < 4.78 is 35.7. The van der Waals surface area contributed by atoms with E-state index in [4.69, 9.17) is 4.74 Å². The van der Waals surface area contributed by atoms with Gasteiger partial charge in [-0.1, -0.05) is 24.3 Å². The lowest BCUT2D eigenvalue weighted by Crippen LogP contribution is -2.13. The quantitative estimate of drug-likeness (QED) is 0.325. The third-order valence-corrected chi connectivity index (χ3v) is 5.96. The molecule has 0 bridgehead atoms. The van der Waals surface area contributed by atoms with Gasteiger partial charge in [0.1, 0.15) is 23.7 Å². The zero-order valence-electron chi connectivity index (χ0n) is 19.6.